The largest absolute Gasteiger partial charge is 0.368 e. The number of carbonyl (C=O) groups is 1. The zero-order chi connectivity index (χ0) is 15.4. The number of carbonyl (C=O) groups excluding carboxylic acids is 1. The van der Waals surface area contributed by atoms with E-state index < -0.39 is 0 Å². The van der Waals surface area contributed by atoms with Crippen LogP contribution in [0.5, 0.6) is 0 Å². The fourth-order valence-electron chi connectivity index (χ4n) is 2.51. The number of amides is 1. The summed E-state index contributed by atoms with van der Waals surface area (Å²) in [6.07, 6.45) is 1.81. The van der Waals surface area contributed by atoms with Gasteiger partial charge in [-0.1, -0.05) is 18.2 Å². The van der Waals surface area contributed by atoms with Crippen molar-refractivity contribution in [1.29, 1.82) is 0 Å². The van der Waals surface area contributed by atoms with Crippen molar-refractivity contribution < 1.29 is 13.9 Å². The lowest BCUT2D eigenvalue weighted by Crippen LogP contribution is -2.43. The van der Waals surface area contributed by atoms with Gasteiger partial charge in [-0.15, -0.1) is 0 Å². The first-order chi connectivity index (χ1) is 10.7. The number of halogens is 1. The number of hydrogen-bond donors (Lipinski definition) is 0. The Kier molecular flexibility index (Phi) is 4.44. The van der Waals surface area contributed by atoms with Crippen LogP contribution in [-0.4, -0.2) is 35.5 Å². The first-order valence-corrected chi connectivity index (χ1v) is 7.27. The van der Waals surface area contributed by atoms with E-state index in [-0.39, 0.29) is 24.2 Å². The molecule has 2 aromatic rings. The van der Waals surface area contributed by atoms with E-state index in [0.717, 1.165) is 11.3 Å². The lowest BCUT2D eigenvalue weighted by Gasteiger charge is -2.32. The van der Waals surface area contributed by atoms with Gasteiger partial charge in [-0.25, -0.2) is 4.39 Å². The number of benzene rings is 1. The topological polar surface area (TPSA) is 42.4 Å². The number of aromatic nitrogens is 1. The summed E-state index contributed by atoms with van der Waals surface area (Å²) in [7, 11) is 0. The van der Waals surface area contributed by atoms with Crippen molar-refractivity contribution in [1.82, 2.24) is 9.88 Å². The molecule has 3 rings (SSSR count). The first kappa shape index (κ1) is 14.7. The number of rotatable bonds is 3. The maximum Gasteiger partial charge on any atom is 0.227 e. The molecule has 0 spiro atoms. The van der Waals surface area contributed by atoms with E-state index in [1.165, 1.54) is 12.1 Å². The molecule has 0 bridgehead atoms. The zero-order valence-corrected chi connectivity index (χ0v) is 12.1. The summed E-state index contributed by atoms with van der Waals surface area (Å²) in [6.45, 7) is 1.57. The fourth-order valence-corrected chi connectivity index (χ4v) is 2.51. The molecule has 1 aromatic carbocycles. The molecule has 114 valence electrons. The summed E-state index contributed by atoms with van der Waals surface area (Å²) < 4.78 is 18.6. The van der Waals surface area contributed by atoms with Crippen molar-refractivity contribution in [2.24, 2.45) is 0 Å². The highest BCUT2D eigenvalue weighted by molar-refractivity contribution is 5.78. The number of hydrogen-bond acceptors (Lipinski definition) is 3. The number of ether oxygens (including phenoxy) is 1. The Hall–Kier alpha value is -2.27. The van der Waals surface area contributed by atoms with Gasteiger partial charge in [-0.3, -0.25) is 9.78 Å². The van der Waals surface area contributed by atoms with Gasteiger partial charge in [0.25, 0.3) is 0 Å². The minimum atomic E-state index is -0.294. The predicted octanol–water partition coefficient (Wildman–Crippen LogP) is 2.36. The van der Waals surface area contributed by atoms with Crippen LogP contribution < -0.4 is 0 Å². The molecule has 1 saturated heterocycles. The molecular formula is C17H17FN2O2. The third kappa shape index (κ3) is 3.49. The SMILES string of the molecule is O=C(Cc1ccc(F)cc1)N1CCO[C@H](c2ccccn2)C1. The Morgan fingerprint density at radius 1 is 1.27 bits per heavy atom. The van der Waals surface area contributed by atoms with E-state index in [2.05, 4.69) is 4.98 Å². The van der Waals surface area contributed by atoms with Gasteiger partial charge >= 0.3 is 0 Å². The average Bonchev–Trinajstić information content (AvgIpc) is 2.58. The highest BCUT2D eigenvalue weighted by atomic mass is 19.1. The Labute approximate surface area is 128 Å². The van der Waals surface area contributed by atoms with Crippen LogP contribution in [0.4, 0.5) is 4.39 Å². The van der Waals surface area contributed by atoms with Crippen molar-refractivity contribution >= 4 is 5.91 Å². The molecule has 1 aromatic heterocycles. The summed E-state index contributed by atoms with van der Waals surface area (Å²) in [6, 6.07) is 11.7. The van der Waals surface area contributed by atoms with Gasteiger partial charge in [0.15, 0.2) is 0 Å². The quantitative estimate of drug-likeness (QED) is 0.874. The lowest BCUT2D eigenvalue weighted by atomic mass is 10.1. The normalized spacial score (nSPS) is 18.2. The van der Waals surface area contributed by atoms with Crippen LogP contribution in [0.25, 0.3) is 0 Å². The van der Waals surface area contributed by atoms with E-state index in [0.29, 0.717) is 19.7 Å². The van der Waals surface area contributed by atoms with Crippen molar-refractivity contribution in [2.45, 2.75) is 12.5 Å². The highest BCUT2D eigenvalue weighted by Crippen LogP contribution is 2.20. The van der Waals surface area contributed by atoms with E-state index in [9.17, 15) is 9.18 Å². The molecule has 0 saturated carbocycles. The first-order valence-electron chi connectivity index (χ1n) is 7.27. The van der Waals surface area contributed by atoms with E-state index in [4.69, 9.17) is 4.74 Å². The third-order valence-corrected chi connectivity index (χ3v) is 3.71. The summed E-state index contributed by atoms with van der Waals surface area (Å²) in [5.41, 5.74) is 1.65. The summed E-state index contributed by atoms with van der Waals surface area (Å²) in [5, 5.41) is 0. The Morgan fingerprint density at radius 2 is 2.09 bits per heavy atom. The fraction of sp³-hybridized carbons (Fsp3) is 0.294. The Bertz CT molecular complexity index is 631. The molecule has 2 heterocycles. The number of pyridine rings is 1. The molecular weight excluding hydrogens is 283 g/mol. The lowest BCUT2D eigenvalue weighted by molar-refractivity contribution is -0.138. The second-order valence-corrected chi connectivity index (χ2v) is 5.26. The third-order valence-electron chi connectivity index (χ3n) is 3.71. The highest BCUT2D eigenvalue weighted by Gasteiger charge is 2.26. The van der Waals surface area contributed by atoms with Crippen LogP contribution in [0.15, 0.2) is 48.7 Å². The van der Waals surface area contributed by atoms with E-state index in [1.807, 2.05) is 18.2 Å². The molecule has 1 aliphatic heterocycles. The molecule has 1 atom stereocenters. The molecule has 1 fully saturated rings. The van der Waals surface area contributed by atoms with E-state index >= 15 is 0 Å². The minimum Gasteiger partial charge on any atom is -0.368 e. The summed E-state index contributed by atoms with van der Waals surface area (Å²) >= 11 is 0. The maximum absolute atomic E-state index is 12.9. The van der Waals surface area contributed by atoms with Crippen molar-refractivity contribution in [2.75, 3.05) is 19.7 Å². The van der Waals surface area contributed by atoms with Crippen LogP contribution >= 0.6 is 0 Å². The molecule has 5 heteroatoms. The molecule has 0 unspecified atom stereocenters. The Morgan fingerprint density at radius 3 is 2.82 bits per heavy atom. The van der Waals surface area contributed by atoms with Crippen LogP contribution in [0.2, 0.25) is 0 Å². The molecule has 1 aliphatic rings. The summed E-state index contributed by atoms with van der Waals surface area (Å²) in [5.74, 6) is -0.270. The Balaban J connectivity index is 1.64. The van der Waals surface area contributed by atoms with Crippen LogP contribution in [0.1, 0.15) is 17.4 Å². The van der Waals surface area contributed by atoms with Crippen molar-refractivity contribution in [3.05, 3.63) is 65.7 Å². The van der Waals surface area contributed by atoms with Gasteiger partial charge in [-0.2, -0.15) is 0 Å². The molecule has 0 N–H and O–H groups in total. The smallest absolute Gasteiger partial charge is 0.227 e. The second-order valence-electron chi connectivity index (χ2n) is 5.26. The van der Waals surface area contributed by atoms with Gasteiger partial charge in [0.05, 0.1) is 25.3 Å². The second kappa shape index (κ2) is 6.66. The van der Waals surface area contributed by atoms with Crippen LogP contribution in [0, 0.1) is 5.82 Å². The molecule has 22 heavy (non-hydrogen) atoms. The van der Waals surface area contributed by atoms with Crippen molar-refractivity contribution in [3.8, 4) is 0 Å². The maximum atomic E-state index is 12.9. The van der Waals surface area contributed by atoms with Gasteiger partial charge in [0.2, 0.25) is 5.91 Å². The number of morpholine rings is 1. The van der Waals surface area contributed by atoms with Gasteiger partial charge in [0.1, 0.15) is 11.9 Å². The molecule has 0 radical (unpaired) electrons. The van der Waals surface area contributed by atoms with E-state index in [1.54, 1.807) is 23.2 Å². The van der Waals surface area contributed by atoms with Crippen LogP contribution in [0.3, 0.4) is 0 Å². The number of nitrogens with zero attached hydrogens (tertiary/aromatic N) is 2. The standard InChI is InChI=1S/C17H17FN2O2/c18-14-6-4-13(5-7-14)11-17(21)20-9-10-22-16(12-20)15-3-1-2-8-19-15/h1-8,16H,9-12H2/t16-/m0/s1. The predicted molar refractivity (Wildman–Crippen MR) is 79.6 cm³/mol. The minimum absolute atomic E-state index is 0.0239. The monoisotopic (exact) mass is 300 g/mol. The van der Waals surface area contributed by atoms with Crippen molar-refractivity contribution in [3.63, 3.8) is 0 Å². The van der Waals surface area contributed by atoms with Crippen LogP contribution in [-0.2, 0) is 16.0 Å². The van der Waals surface area contributed by atoms with Gasteiger partial charge in [-0.05, 0) is 29.8 Å². The molecule has 4 nitrogen and oxygen atoms in total. The summed E-state index contributed by atoms with van der Waals surface area (Å²) in [4.78, 5) is 18.5. The zero-order valence-electron chi connectivity index (χ0n) is 12.1. The molecule has 0 aliphatic carbocycles. The van der Waals surface area contributed by atoms with Gasteiger partial charge < -0.3 is 9.64 Å². The molecule has 1 amide bonds. The average molecular weight is 300 g/mol. The van der Waals surface area contributed by atoms with Gasteiger partial charge in [0, 0.05) is 12.7 Å².